The Morgan fingerprint density at radius 2 is 1.79 bits per heavy atom. The zero-order valence-electron chi connectivity index (χ0n) is 18.9. The molecule has 170 valence electrons. The first-order chi connectivity index (χ1) is 13.3. The van der Waals surface area contributed by atoms with Crippen LogP contribution in [0.5, 0.6) is 0 Å². The van der Waals surface area contributed by atoms with Crippen molar-refractivity contribution in [3.63, 3.8) is 0 Å². The molecule has 2 rings (SSSR count). The van der Waals surface area contributed by atoms with E-state index in [2.05, 4.69) is 0 Å². The number of hydrogen-bond acceptors (Lipinski definition) is 6. The average Bonchev–Trinajstić information content (AvgIpc) is 2.80. The van der Waals surface area contributed by atoms with Crippen molar-refractivity contribution in [2.45, 2.75) is 109 Å². The maximum Gasteiger partial charge on any atom is 0.412 e. The van der Waals surface area contributed by atoms with E-state index >= 15 is 0 Å². The lowest BCUT2D eigenvalue weighted by molar-refractivity contribution is -0.0805. The minimum absolute atomic E-state index is 0.0822. The fourth-order valence-electron chi connectivity index (χ4n) is 4.51. The van der Waals surface area contributed by atoms with Crippen LogP contribution in [-0.4, -0.2) is 55.7 Å². The van der Waals surface area contributed by atoms with E-state index in [-0.39, 0.29) is 24.8 Å². The number of rotatable bonds is 7. The number of carbonyl (C=O) groups excluding carboxylic acids is 1. The molecule has 0 aromatic carbocycles. The van der Waals surface area contributed by atoms with Crippen molar-refractivity contribution in [3.8, 4) is 0 Å². The number of amides is 1. The van der Waals surface area contributed by atoms with Gasteiger partial charge in [-0.25, -0.2) is 4.79 Å². The molecule has 0 bridgehead atoms. The van der Waals surface area contributed by atoms with Crippen molar-refractivity contribution in [2.24, 2.45) is 5.92 Å². The molecule has 29 heavy (non-hydrogen) atoms. The zero-order valence-corrected chi connectivity index (χ0v) is 19.7. The van der Waals surface area contributed by atoms with Gasteiger partial charge in [0.15, 0.2) is 0 Å². The normalized spacial score (nSPS) is 25.9. The molecule has 1 amide bonds. The fourth-order valence-corrected chi connectivity index (χ4v) is 4.93. The Morgan fingerprint density at radius 1 is 1.17 bits per heavy atom. The highest BCUT2D eigenvalue weighted by atomic mass is 32.2. The molecule has 0 N–H and O–H groups in total. The van der Waals surface area contributed by atoms with Crippen LogP contribution in [0.4, 0.5) is 4.79 Å². The van der Waals surface area contributed by atoms with Crippen LogP contribution < -0.4 is 0 Å². The van der Waals surface area contributed by atoms with Crippen molar-refractivity contribution >= 4 is 16.2 Å². The third kappa shape index (κ3) is 7.72. The van der Waals surface area contributed by atoms with Gasteiger partial charge in [-0.05, 0) is 59.8 Å². The smallest absolute Gasteiger partial charge is 0.412 e. The van der Waals surface area contributed by atoms with Gasteiger partial charge < -0.3 is 9.47 Å². The van der Waals surface area contributed by atoms with Crippen molar-refractivity contribution < 1.29 is 26.9 Å². The van der Waals surface area contributed by atoms with Gasteiger partial charge in [-0.1, -0.05) is 32.1 Å². The van der Waals surface area contributed by atoms with Gasteiger partial charge in [-0.3, -0.25) is 9.08 Å². The summed E-state index contributed by atoms with van der Waals surface area (Å²) >= 11 is 0. The first-order valence-corrected chi connectivity index (χ1v) is 12.6. The highest BCUT2D eigenvalue weighted by Crippen LogP contribution is 2.40. The van der Waals surface area contributed by atoms with Crippen LogP contribution in [0.2, 0.25) is 0 Å². The Balaban J connectivity index is 2.13. The van der Waals surface area contributed by atoms with Crippen molar-refractivity contribution in [3.05, 3.63) is 0 Å². The summed E-state index contributed by atoms with van der Waals surface area (Å²) in [5, 5.41) is 0. The second-order valence-corrected chi connectivity index (χ2v) is 11.6. The maximum atomic E-state index is 13.1. The van der Waals surface area contributed by atoms with Gasteiger partial charge in [-0.2, -0.15) is 8.42 Å². The molecule has 7 nitrogen and oxygen atoms in total. The number of hydrogen-bond donors (Lipinski definition) is 0. The fraction of sp³-hybridized carbons (Fsp3) is 0.952. The summed E-state index contributed by atoms with van der Waals surface area (Å²) < 4.78 is 39.3. The van der Waals surface area contributed by atoms with Gasteiger partial charge >= 0.3 is 6.09 Å². The van der Waals surface area contributed by atoms with Crippen molar-refractivity contribution in [1.29, 1.82) is 0 Å². The molecular formula is C21H39NO6S. The Morgan fingerprint density at radius 3 is 2.34 bits per heavy atom. The first-order valence-electron chi connectivity index (χ1n) is 10.8. The molecule has 0 aromatic rings. The topological polar surface area (TPSA) is 82.1 Å². The van der Waals surface area contributed by atoms with Crippen molar-refractivity contribution in [2.75, 3.05) is 12.9 Å². The molecule has 1 heterocycles. The molecular weight excluding hydrogens is 394 g/mol. The third-order valence-corrected chi connectivity index (χ3v) is 6.20. The van der Waals surface area contributed by atoms with Gasteiger partial charge in [-0.15, -0.1) is 0 Å². The summed E-state index contributed by atoms with van der Waals surface area (Å²) in [7, 11) is -3.45. The molecule has 0 aromatic heterocycles. The van der Waals surface area contributed by atoms with E-state index in [0.717, 1.165) is 12.7 Å². The van der Waals surface area contributed by atoms with Gasteiger partial charge in [0.05, 0.1) is 25.0 Å². The lowest BCUT2D eigenvalue weighted by Gasteiger charge is -2.37. The highest BCUT2D eigenvalue weighted by Gasteiger charge is 2.51. The van der Waals surface area contributed by atoms with Crippen molar-refractivity contribution in [1.82, 2.24) is 4.90 Å². The predicted octanol–water partition coefficient (Wildman–Crippen LogP) is 4.45. The van der Waals surface area contributed by atoms with E-state index in [0.29, 0.717) is 18.8 Å². The number of ether oxygens (including phenoxy) is 2. The Kier molecular flexibility index (Phi) is 8.01. The predicted molar refractivity (Wildman–Crippen MR) is 112 cm³/mol. The second-order valence-electron chi connectivity index (χ2n) is 9.93. The summed E-state index contributed by atoms with van der Waals surface area (Å²) in [6.07, 6.45) is 8.74. The molecule has 8 heteroatoms. The summed E-state index contributed by atoms with van der Waals surface area (Å²) in [6, 6.07) is -0.0822. The molecule has 1 saturated heterocycles. The van der Waals surface area contributed by atoms with E-state index in [4.69, 9.17) is 13.7 Å². The Bertz CT molecular complexity index is 649. The van der Waals surface area contributed by atoms with Gasteiger partial charge in [0.25, 0.3) is 10.1 Å². The molecule has 0 radical (unpaired) electrons. The average molecular weight is 434 g/mol. The molecule has 2 fully saturated rings. The minimum atomic E-state index is -3.45. The van der Waals surface area contributed by atoms with Gasteiger partial charge in [0, 0.05) is 0 Å². The van der Waals surface area contributed by atoms with E-state index in [1.54, 1.807) is 4.90 Å². The third-order valence-electron chi connectivity index (χ3n) is 5.60. The first kappa shape index (κ1) is 24.4. The highest BCUT2D eigenvalue weighted by molar-refractivity contribution is 7.85. The standard InChI is InChI=1S/C21H39NO6S/c1-20(2,3)28-19(23)22-17(15-16-11-8-7-9-12-16)18(27-21(22,4)5)13-10-14-26-29(6,24)25/h16-18H,7-15H2,1-6H3/t17-,18-/m0/s1. The van der Waals surface area contributed by atoms with Gasteiger partial charge in [0.1, 0.15) is 11.3 Å². The van der Waals surface area contributed by atoms with Gasteiger partial charge in [0.2, 0.25) is 0 Å². The monoisotopic (exact) mass is 433 g/mol. The van der Waals surface area contributed by atoms with Crippen LogP contribution in [0, 0.1) is 5.92 Å². The molecule has 0 spiro atoms. The summed E-state index contributed by atoms with van der Waals surface area (Å²) in [5.74, 6) is 0.575. The zero-order chi connectivity index (χ0) is 21.9. The summed E-state index contributed by atoms with van der Waals surface area (Å²) in [5.41, 5.74) is -1.35. The van der Waals surface area contributed by atoms with Crippen LogP contribution in [-0.2, 0) is 23.8 Å². The molecule has 1 saturated carbocycles. The molecule has 0 unspecified atom stereocenters. The van der Waals surface area contributed by atoms with E-state index in [9.17, 15) is 13.2 Å². The minimum Gasteiger partial charge on any atom is -0.444 e. The Hall–Kier alpha value is -0.860. The quantitative estimate of drug-likeness (QED) is 0.436. The van der Waals surface area contributed by atoms with Crippen LogP contribution in [0.25, 0.3) is 0 Å². The van der Waals surface area contributed by atoms with E-state index in [1.807, 2.05) is 34.6 Å². The van der Waals surface area contributed by atoms with E-state index < -0.39 is 21.4 Å². The molecule has 2 aliphatic rings. The van der Waals surface area contributed by atoms with Crippen LogP contribution >= 0.6 is 0 Å². The lowest BCUT2D eigenvalue weighted by atomic mass is 9.83. The number of nitrogens with zero attached hydrogens (tertiary/aromatic N) is 1. The van der Waals surface area contributed by atoms with Crippen LogP contribution in [0.1, 0.15) is 86.0 Å². The molecule has 2 atom stereocenters. The SMILES string of the molecule is CC(C)(C)OC(=O)N1[C@@H](CC2CCCCC2)[C@H](CCCOS(C)(=O)=O)OC1(C)C. The van der Waals surface area contributed by atoms with Crippen LogP contribution in [0.15, 0.2) is 0 Å². The second kappa shape index (κ2) is 9.52. The Labute approximate surface area is 176 Å². The van der Waals surface area contributed by atoms with Crippen LogP contribution in [0.3, 0.4) is 0 Å². The molecule has 1 aliphatic heterocycles. The van der Waals surface area contributed by atoms with E-state index in [1.165, 1.54) is 32.1 Å². The number of carbonyl (C=O) groups is 1. The largest absolute Gasteiger partial charge is 0.444 e. The summed E-state index contributed by atoms with van der Waals surface area (Å²) in [6.45, 7) is 9.53. The molecule has 1 aliphatic carbocycles. The summed E-state index contributed by atoms with van der Waals surface area (Å²) in [4.78, 5) is 14.8. The lowest BCUT2D eigenvalue weighted by Crippen LogP contribution is -2.50. The maximum absolute atomic E-state index is 13.1.